The molecule has 4 rings (SSSR count). The summed E-state index contributed by atoms with van der Waals surface area (Å²) in [5, 5.41) is 2.04. The molecule has 7 heteroatoms. The number of pyridine rings is 1. The summed E-state index contributed by atoms with van der Waals surface area (Å²) < 4.78 is 20.6. The van der Waals surface area contributed by atoms with Gasteiger partial charge >= 0.3 is 0 Å². The van der Waals surface area contributed by atoms with E-state index in [1.54, 1.807) is 25.1 Å². The van der Waals surface area contributed by atoms with E-state index >= 15 is 0 Å². The van der Waals surface area contributed by atoms with Gasteiger partial charge in [-0.2, -0.15) is 0 Å². The minimum atomic E-state index is -1.16. The van der Waals surface area contributed by atoms with Gasteiger partial charge in [-0.25, -0.2) is 8.51 Å². The Morgan fingerprint density at radius 3 is 2.83 bits per heavy atom. The molecule has 1 aliphatic rings. The van der Waals surface area contributed by atoms with E-state index in [1.165, 1.54) is 4.90 Å². The summed E-state index contributed by atoms with van der Waals surface area (Å²) in [6.07, 6.45) is 5.52. The summed E-state index contributed by atoms with van der Waals surface area (Å²) in [5.41, 5.74) is 6.52. The van der Waals surface area contributed by atoms with Gasteiger partial charge in [-0.3, -0.25) is 4.98 Å². The van der Waals surface area contributed by atoms with Crippen molar-refractivity contribution in [3.63, 3.8) is 0 Å². The normalized spacial score (nSPS) is 17.7. The molecular weight excluding hydrogens is 414 g/mol. The Morgan fingerprint density at radius 2 is 2.03 bits per heavy atom. The Hall–Kier alpha value is -1.93. The molecule has 1 aromatic heterocycles. The van der Waals surface area contributed by atoms with Crippen molar-refractivity contribution in [2.45, 2.75) is 28.7 Å². The van der Waals surface area contributed by atoms with E-state index in [1.807, 2.05) is 48.7 Å². The summed E-state index contributed by atoms with van der Waals surface area (Å²) in [7, 11) is 0.519. The average Bonchev–Trinajstić information content (AvgIpc) is 2.82. The van der Waals surface area contributed by atoms with Crippen LogP contribution in [0.3, 0.4) is 0 Å². The van der Waals surface area contributed by atoms with Gasteiger partial charge in [0.2, 0.25) is 0 Å². The van der Waals surface area contributed by atoms with Crippen molar-refractivity contribution in [3.8, 4) is 5.75 Å². The zero-order valence-electron chi connectivity index (χ0n) is 17.1. The molecule has 2 N–H and O–H groups in total. The van der Waals surface area contributed by atoms with Crippen LogP contribution in [0.2, 0.25) is 0 Å². The third kappa shape index (κ3) is 4.86. The van der Waals surface area contributed by atoms with Gasteiger partial charge in [-0.05, 0) is 49.1 Å². The molecule has 1 aliphatic heterocycles. The van der Waals surface area contributed by atoms with E-state index in [-0.39, 0.29) is 6.04 Å². The SMILES string of the molecule is COc1cccc(SCC(N)C2CCN(S(=O)c3cccc4cnccc34)CC2)c1. The quantitative estimate of drug-likeness (QED) is 0.559. The van der Waals surface area contributed by atoms with Crippen LogP contribution in [0.1, 0.15) is 12.8 Å². The lowest BCUT2D eigenvalue weighted by molar-refractivity contribution is 0.260. The maximum atomic E-state index is 13.2. The fourth-order valence-electron chi connectivity index (χ4n) is 3.87. The summed E-state index contributed by atoms with van der Waals surface area (Å²) in [4.78, 5) is 6.21. The van der Waals surface area contributed by atoms with Crippen LogP contribution in [0.25, 0.3) is 10.8 Å². The molecule has 2 heterocycles. The van der Waals surface area contributed by atoms with Gasteiger partial charge in [0, 0.05) is 52.9 Å². The minimum absolute atomic E-state index is 0.125. The Kier molecular flexibility index (Phi) is 7.04. The molecule has 158 valence electrons. The number of hydrogen-bond acceptors (Lipinski definition) is 5. The number of methoxy groups -OCH3 is 1. The summed E-state index contributed by atoms with van der Waals surface area (Å²) in [5.74, 6) is 2.19. The van der Waals surface area contributed by atoms with Crippen molar-refractivity contribution in [3.05, 3.63) is 60.9 Å². The van der Waals surface area contributed by atoms with E-state index < -0.39 is 11.0 Å². The van der Waals surface area contributed by atoms with Crippen molar-refractivity contribution < 1.29 is 8.95 Å². The van der Waals surface area contributed by atoms with Crippen LogP contribution < -0.4 is 10.5 Å². The lowest BCUT2D eigenvalue weighted by Gasteiger charge is -2.33. The molecule has 3 aromatic rings. The third-order valence-electron chi connectivity index (χ3n) is 5.65. The molecule has 2 unspecified atom stereocenters. The fourth-order valence-corrected chi connectivity index (χ4v) is 6.29. The zero-order chi connectivity index (χ0) is 20.9. The minimum Gasteiger partial charge on any atom is -0.497 e. The second kappa shape index (κ2) is 9.92. The van der Waals surface area contributed by atoms with E-state index in [9.17, 15) is 4.21 Å². The van der Waals surface area contributed by atoms with Gasteiger partial charge in [0.1, 0.15) is 16.7 Å². The number of benzene rings is 2. The van der Waals surface area contributed by atoms with Crippen LogP contribution in [-0.4, -0.2) is 45.5 Å². The molecule has 0 saturated carbocycles. The van der Waals surface area contributed by atoms with Crippen LogP contribution in [0.15, 0.2) is 70.7 Å². The highest BCUT2D eigenvalue weighted by atomic mass is 32.2. The largest absolute Gasteiger partial charge is 0.497 e. The number of nitrogens with zero attached hydrogens (tertiary/aromatic N) is 2. The monoisotopic (exact) mass is 441 g/mol. The summed E-state index contributed by atoms with van der Waals surface area (Å²) in [6, 6.07) is 16.1. The first-order valence-electron chi connectivity index (χ1n) is 10.2. The lowest BCUT2D eigenvalue weighted by Crippen LogP contribution is -2.42. The van der Waals surface area contributed by atoms with E-state index in [0.29, 0.717) is 5.92 Å². The maximum absolute atomic E-state index is 13.2. The zero-order valence-corrected chi connectivity index (χ0v) is 18.7. The highest BCUT2D eigenvalue weighted by Gasteiger charge is 2.28. The van der Waals surface area contributed by atoms with Gasteiger partial charge in [0.25, 0.3) is 0 Å². The summed E-state index contributed by atoms with van der Waals surface area (Å²) in [6.45, 7) is 1.60. The fraction of sp³-hybridized carbons (Fsp3) is 0.348. The second-order valence-electron chi connectivity index (χ2n) is 7.52. The Bertz CT molecular complexity index is 1020. The number of thioether (sulfide) groups is 1. The van der Waals surface area contributed by atoms with Crippen molar-refractivity contribution in [2.24, 2.45) is 11.7 Å². The number of ether oxygens (including phenoxy) is 1. The molecule has 2 atom stereocenters. The molecule has 1 saturated heterocycles. The van der Waals surface area contributed by atoms with Gasteiger partial charge in [0.15, 0.2) is 0 Å². The molecule has 0 bridgehead atoms. The van der Waals surface area contributed by atoms with Crippen LogP contribution >= 0.6 is 11.8 Å². The first-order chi connectivity index (χ1) is 14.7. The molecule has 0 amide bonds. The first-order valence-corrected chi connectivity index (χ1v) is 12.3. The van der Waals surface area contributed by atoms with Gasteiger partial charge in [0.05, 0.1) is 12.0 Å². The number of fused-ring (bicyclic) bond motifs is 1. The lowest BCUT2D eigenvalue weighted by atomic mass is 9.92. The molecule has 1 fully saturated rings. The van der Waals surface area contributed by atoms with Crippen molar-refractivity contribution >= 4 is 33.5 Å². The van der Waals surface area contributed by atoms with Gasteiger partial charge in [-0.15, -0.1) is 11.8 Å². The second-order valence-corrected chi connectivity index (χ2v) is 10.1. The van der Waals surface area contributed by atoms with Gasteiger partial charge < -0.3 is 10.5 Å². The topological polar surface area (TPSA) is 68.5 Å². The van der Waals surface area contributed by atoms with Crippen LogP contribution in [0.4, 0.5) is 0 Å². The Labute approximate surface area is 184 Å². The number of rotatable bonds is 7. The molecule has 30 heavy (non-hydrogen) atoms. The van der Waals surface area contributed by atoms with Crippen molar-refractivity contribution in [1.29, 1.82) is 0 Å². The molecule has 2 aromatic carbocycles. The van der Waals surface area contributed by atoms with E-state index in [0.717, 1.165) is 53.1 Å². The highest BCUT2D eigenvalue weighted by Crippen LogP contribution is 2.29. The number of nitrogens with two attached hydrogens (primary N) is 1. The summed E-state index contributed by atoms with van der Waals surface area (Å²) >= 11 is 1.77. The van der Waals surface area contributed by atoms with E-state index in [2.05, 4.69) is 15.4 Å². The molecule has 0 radical (unpaired) electrons. The van der Waals surface area contributed by atoms with Crippen molar-refractivity contribution in [2.75, 3.05) is 26.0 Å². The first kappa shape index (κ1) is 21.3. The number of aromatic nitrogens is 1. The molecular formula is C23H27N3O2S2. The van der Waals surface area contributed by atoms with Crippen LogP contribution in [0.5, 0.6) is 5.75 Å². The number of hydrogen-bond donors (Lipinski definition) is 1. The molecule has 0 aliphatic carbocycles. The predicted molar refractivity (Wildman–Crippen MR) is 124 cm³/mol. The van der Waals surface area contributed by atoms with E-state index in [4.69, 9.17) is 10.5 Å². The highest BCUT2D eigenvalue weighted by molar-refractivity contribution is 7.99. The Balaban J connectivity index is 1.33. The maximum Gasteiger partial charge on any atom is 0.128 e. The number of piperidine rings is 1. The third-order valence-corrected chi connectivity index (χ3v) is 8.36. The predicted octanol–water partition coefficient (Wildman–Crippen LogP) is 4.10. The Morgan fingerprint density at radius 1 is 1.23 bits per heavy atom. The van der Waals surface area contributed by atoms with Crippen molar-refractivity contribution in [1.82, 2.24) is 9.29 Å². The standard InChI is InChI=1S/C23H27N3O2S2/c1-28-19-5-3-6-20(14-19)29-16-22(24)17-9-12-26(13-10-17)30(27)23-7-2-4-18-15-25-11-8-21(18)23/h2-8,11,14-15,17,22H,9-10,12-13,16,24H2,1H3. The molecule has 5 nitrogen and oxygen atoms in total. The van der Waals surface area contributed by atoms with Crippen LogP contribution in [0, 0.1) is 5.92 Å². The van der Waals surface area contributed by atoms with Gasteiger partial charge in [-0.1, -0.05) is 18.2 Å². The molecule has 0 spiro atoms. The average molecular weight is 442 g/mol. The van der Waals surface area contributed by atoms with Crippen LogP contribution in [-0.2, 0) is 11.0 Å². The smallest absolute Gasteiger partial charge is 0.128 e.